The van der Waals surface area contributed by atoms with Gasteiger partial charge < -0.3 is 10.8 Å². The quantitative estimate of drug-likeness (QED) is 0.913. The number of rotatable bonds is 3. The Bertz CT molecular complexity index is 571. The molecule has 0 aromatic heterocycles. The molecule has 92 valence electrons. The Hall–Kier alpha value is -1.65. The molecule has 1 unspecified atom stereocenters. The van der Waals surface area contributed by atoms with Crippen LogP contribution >= 0.6 is 15.9 Å². The maximum absolute atomic E-state index is 11.7. The Balaban J connectivity index is 2.62. The molecule has 0 saturated carbocycles. The molecule has 2 rings (SSSR count). The van der Waals surface area contributed by atoms with E-state index in [2.05, 4.69) is 15.9 Å². The van der Waals surface area contributed by atoms with Crippen molar-refractivity contribution >= 4 is 21.8 Å². The van der Waals surface area contributed by atoms with Crippen molar-refractivity contribution in [3.05, 3.63) is 70.2 Å². The third-order valence-corrected chi connectivity index (χ3v) is 3.28. The zero-order chi connectivity index (χ0) is 13.2. The highest BCUT2D eigenvalue weighted by atomic mass is 79.9. The highest BCUT2D eigenvalue weighted by molar-refractivity contribution is 9.10. The minimum atomic E-state index is -1.81. The van der Waals surface area contributed by atoms with Crippen molar-refractivity contribution in [2.45, 2.75) is 5.60 Å². The van der Waals surface area contributed by atoms with E-state index >= 15 is 0 Å². The van der Waals surface area contributed by atoms with Gasteiger partial charge in [0.15, 0.2) is 5.60 Å². The highest BCUT2D eigenvalue weighted by Gasteiger charge is 2.38. The van der Waals surface area contributed by atoms with Crippen LogP contribution < -0.4 is 5.73 Å². The number of hydrogen-bond donors (Lipinski definition) is 2. The Morgan fingerprint density at radius 3 is 2.22 bits per heavy atom. The SMILES string of the molecule is NC(=O)C(O)(c1ccccc1)c1cccc(Br)c1. The second-order valence-corrected chi connectivity index (χ2v) is 4.87. The summed E-state index contributed by atoms with van der Waals surface area (Å²) in [6.45, 7) is 0. The summed E-state index contributed by atoms with van der Waals surface area (Å²) in [6, 6.07) is 15.6. The average Bonchev–Trinajstić information content (AvgIpc) is 2.38. The van der Waals surface area contributed by atoms with Crippen LogP contribution in [0.15, 0.2) is 59.1 Å². The van der Waals surface area contributed by atoms with Crippen molar-refractivity contribution in [2.24, 2.45) is 5.73 Å². The minimum Gasteiger partial charge on any atom is -0.372 e. The van der Waals surface area contributed by atoms with Crippen molar-refractivity contribution < 1.29 is 9.90 Å². The molecule has 1 amide bonds. The molecule has 3 N–H and O–H groups in total. The summed E-state index contributed by atoms with van der Waals surface area (Å²) in [5.41, 5.74) is 4.46. The monoisotopic (exact) mass is 305 g/mol. The Kier molecular flexibility index (Phi) is 3.50. The fourth-order valence-corrected chi connectivity index (χ4v) is 2.24. The summed E-state index contributed by atoms with van der Waals surface area (Å²) in [7, 11) is 0. The van der Waals surface area contributed by atoms with Gasteiger partial charge in [-0.15, -0.1) is 0 Å². The molecule has 0 saturated heterocycles. The van der Waals surface area contributed by atoms with E-state index in [1.54, 1.807) is 42.5 Å². The zero-order valence-corrected chi connectivity index (χ0v) is 11.1. The second kappa shape index (κ2) is 4.92. The van der Waals surface area contributed by atoms with E-state index in [0.717, 1.165) is 4.47 Å². The van der Waals surface area contributed by atoms with Crippen LogP contribution in [0.5, 0.6) is 0 Å². The molecule has 0 aliphatic carbocycles. The second-order valence-electron chi connectivity index (χ2n) is 3.95. The Morgan fingerprint density at radius 1 is 1.06 bits per heavy atom. The normalized spacial score (nSPS) is 13.9. The van der Waals surface area contributed by atoms with Crippen molar-refractivity contribution in [2.75, 3.05) is 0 Å². The number of benzene rings is 2. The maximum atomic E-state index is 11.7. The first kappa shape index (κ1) is 12.8. The van der Waals surface area contributed by atoms with Gasteiger partial charge >= 0.3 is 0 Å². The number of aliphatic hydroxyl groups is 1. The summed E-state index contributed by atoms with van der Waals surface area (Å²) >= 11 is 3.31. The predicted octanol–water partition coefficient (Wildman–Crippen LogP) is 2.17. The maximum Gasteiger partial charge on any atom is 0.258 e. The lowest BCUT2D eigenvalue weighted by molar-refractivity contribution is -0.133. The van der Waals surface area contributed by atoms with Gasteiger partial charge in [-0.25, -0.2) is 0 Å². The lowest BCUT2D eigenvalue weighted by Crippen LogP contribution is -2.42. The molecule has 1 atom stereocenters. The van der Waals surface area contributed by atoms with Crippen LogP contribution in [-0.2, 0) is 10.4 Å². The van der Waals surface area contributed by atoms with E-state index in [9.17, 15) is 9.90 Å². The summed E-state index contributed by atoms with van der Waals surface area (Å²) in [5.74, 6) is -0.799. The standard InChI is InChI=1S/C14H12BrNO2/c15-12-8-4-7-11(9-12)14(18,13(16)17)10-5-2-1-3-6-10/h1-9,18H,(H2,16,17). The molecule has 0 bridgehead atoms. The molecule has 3 nitrogen and oxygen atoms in total. The van der Waals surface area contributed by atoms with Gasteiger partial charge in [0.1, 0.15) is 0 Å². The molecular formula is C14H12BrNO2. The highest BCUT2D eigenvalue weighted by Crippen LogP contribution is 2.30. The van der Waals surface area contributed by atoms with Crippen LogP contribution in [0, 0.1) is 0 Å². The van der Waals surface area contributed by atoms with Gasteiger partial charge in [-0.3, -0.25) is 4.79 Å². The molecular weight excluding hydrogens is 294 g/mol. The number of amides is 1. The van der Waals surface area contributed by atoms with Gasteiger partial charge in [-0.1, -0.05) is 58.4 Å². The van der Waals surface area contributed by atoms with E-state index in [-0.39, 0.29) is 0 Å². The topological polar surface area (TPSA) is 63.3 Å². The van der Waals surface area contributed by atoms with Crippen LogP contribution in [0.2, 0.25) is 0 Å². The number of hydrogen-bond acceptors (Lipinski definition) is 2. The van der Waals surface area contributed by atoms with Crippen molar-refractivity contribution in [1.29, 1.82) is 0 Å². The molecule has 2 aromatic carbocycles. The van der Waals surface area contributed by atoms with Gasteiger partial charge in [-0.05, 0) is 23.3 Å². The van der Waals surface area contributed by atoms with Crippen LogP contribution in [0.3, 0.4) is 0 Å². The van der Waals surface area contributed by atoms with Crippen LogP contribution in [-0.4, -0.2) is 11.0 Å². The predicted molar refractivity (Wildman–Crippen MR) is 72.8 cm³/mol. The Labute approximate surface area is 113 Å². The van der Waals surface area contributed by atoms with Crippen LogP contribution in [0.25, 0.3) is 0 Å². The van der Waals surface area contributed by atoms with E-state index in [0.29, 0.717) is 11.1 Å². The summed E-state index contributed by atoms with van der Waals surface area (Å²) in [4.78, 5) is 11.7. The van der Waals surface area contributed by atoms with E-state index in [1.807, 2.05) is 12.1 Å². The molecule has 4 heteroatoms. The minimum absolute atomic E-state index is 0.440. The van der Waals surface area contributed by atoms with E-state index < -0.39 is 11.5 Å². The van der Waals surface area contributed by atoms with Crippen molar-refractivity contribution in [3.8, 4) is 0 Å². The molecule has 0 aliphatic rings. The average molecular weight is 306 g/mol. The first-order valence-corrected chi connectivity index (χ1v) is 6.18. The van der Waals surface area contributed by atoms with Gasteiger partial charge in [0.25, 0.3) is 5.91 Å². The number of halogens is 1. The smallest absolute Gasteiger partial charge is 0.258 e. The van der Waals surface area contributed by atoms with Gasteiger partial charge in [0.05, 0.1) is 0 Å². The third-order valence-electron chi connectivity index (χ3n) is 2.79. The summed E-state index contributed by atoms with van der Waals surface area (Å²) in [5, 5.41) is 10.7. The number of primary amides is 1. The van der Waals surface area contributed by atoms with Gasteiger partial charge in [0, 0.05) is 4.47 Å². The molecule has 0 radical (unpaired) electrons. The van der Waals surface area contributed by atoms with E-state index in [1.165, 1.54) is 0 Å². The fraction of sp³-hybridized carbons (Fsp3) is 0.0714. The van der Waals surface area contributed by atoms with Crippen LogP contribution in [0.1, 0.15) is 11.1 Å². The van der Waals surface area contributed by atoms with Gasteiger partial charge in [0.2, 0.25) is 0 Å². The molecule has 0 aliphatic heterocycles. The molecule has 0 spiro atoms. The zero-order valence-electron chi connectivity index (χ0n) is 9.51. The van der Waals surface area contributed by atoms with Crippen molar-refractivity contribution in [3.63, 3.8) is 0 Å². The molecule has 0 fully saturated rings. The fourth-order valence-electron chi connectivity index (χ4n) is 1.84. The third kappa shape index (κ3) is 2.17. The molecule has 2 aromatic rings. The summed E-state index contributed by atoms with van der Waals surface area (Å²) < 4.78 is 0.774. The Morgan fingerprint density at radius 2 is 1.67 bits per heavy atom. The lowest BCUT2D eigenvalue weighted by atomic mass is 9.86. The van der Waals surface area contributed by atoms with Gasteiger partial charge in [-0.2, -0.15) is 0 Å². The number of carbonyl (C=O) groups is 1. The molecule has 0 heterocycles. The summed E-state index contributed by atoms with van der Waals surface area (Å²) in [6.07, 6.45) is 0. The first-order valence-electron chi connectivity index (χ1n) is 5.39. The largest absolute Gasteiger partial charge is 0.372 e. The first-order chi connectivity index (χ1) is 8.55. The molecule has 18 heavy (non-hydrogen) atoms. The van der Waals surface area contributed by atoms with Crippen molar-refractivity contribution in [1.82, 2.24) is 0 Å². The lowest BCUT2D eigenvalue weighted by Gasteiger charge is -2.25. The number of carbonyl (C=O) groups excluding carboxylic acids is 1. The number of nitrogens with two attached hydrogens (primary N) is 1. The van der Waals surface area contributed by atoms with Crippen LogP contribution in [0.4, 0.5) is 0 Å². The van der Waals surface area contributed by atoms with E-state index in [4.69, 9.17) is 5.73 Å².